The first-order valence-corrected chi connectivity index (χ1v) is 11.4. The highest BCUT2D eigenvalue weighted by Crippen LogP contribution is 2.31. The normalized spacial score (nSPS) is 15.5. The molecule has 31 heavy (non-hydrogen) atoms. The van der Waals surface area contributed by atoms with Crippen LogP contribution >= 0.6 is 22.9 Å². The molecule has 1 unspecified atom stereocenters. The fourth-order valence-corrected chi connectivity index (χ4v) is 5.14. The van der Waals surface area contributed by atoms with Crippen molar-refractivity contribution in [1.29, 1.82) is 0 Å². The number of amides is 1. The number of anilines is 1. The van der Waals surface area contributed by atoms with E-state index < -0.39 is 6.04 Å². The van der Waals surface area contributed by atoms with Crippen molar-refractivity contribution in [2.75, 3.05) is 31.1 Å². The molecule has 157 valence electrons. The van der Waals surface area contributed by atoms with Crippen LogP contribution in [-0.2, 0) is 4.79 Å². The first-order chi connectivity index (χ1) is 15.1. The maximum absolute atomic E-state index is 13.4. The van der Waals surface area contributed by atoms with Gasteiger partial charge in [-0.25, -0.2) is 4.98 Å². The number of carbonyl (C=O) groups is 1. The second-order valence-electron chi connectivity index (χ2n) is 7.65. The number of benzene rings is 1. The molecule has 1 radical (unpaired) electrons. The van der Waals surface area contributed by atoms with Gasteiger partial charge >= 0.3 is 0 Å². The van der Waals surface area contributed by atoms with Gasteiger partial charge in [-0.05, 0) is 36.6 Å². The fourth-order valence-electron chi connectivity index (χ4n) is 4.20. The standard InChI is InChI=1S/C23H20ClN4O2S/c1-15(14-29)28-13-19(17-3-2-16(24)12-20(17)28)23(30)27-9-7-26(8-10-27)22-18-5-11-31-21(18)4-6-25-22/h2-6,11-13,15H,7-10H2,1H3. The smallest absolute Gasteiger partial charge is 0.256 e. The molecule has 1 saturated heterocycles. The van der Waals surface area contributed by atoms with Gasteiger partial charge in [0.25, 0.3) is 5.91 Å². The van der Waals surface area contributed by atoms with E-state index in [0.717, 1.165) is 35.2 Å². The van der Waals surface area contributed by atoms with Gasteiger partial charge in [0, 0.05) is 59.1 Å². The lowest BCUT2D eigenvalue weighted by Crippen LogP contribution is -2.49. The second-order valence-corrected chi connectivity index (χ2v) is 9.04. The Bertz CT molecular complexity index is 1290. The number of halogens is 1. The number of thiophene rings is 1. The van der Waals surface area contributed by atoms with Crippen LogP contribution in [0, 0.1) is 0 Å². The van der Waals surface area contributed by atoms with E-state index in [1.807, 2.05) is 29.5 Å². The molecular formula is C23H20ClN4O2S. The molecule has 0 spiro atoms. The lowest BCUT2D eigenvalue weighted by Gasteiger charge is -2.35. The number of fused-ring (bicyclic) bond motifs is 2. The maximum atomic E-state index is 13.4. The van der Waals surface area contributed by atoms with E-state index in [2.05, 4.69) is 21.3 Å². The third kappa shape index (κ3) is 3.47. The summed E-state index contributed by atoms with van der Waals surface area (Å²) in [6.45, 7) is 4.40. The number of hydrogen-bond acceptors (Lipinski definition) is 5. The largest absolute Gasteiger partial charge is 0.353 e. The number of aromatic nitrogens is 2. The molecule has 3 aromatic heterocycles. The minimum absolute atomic E-state index is 0.0366. The molecule has 1 fully saturated rings. The monoisotopic (exact) mass is 451 g/mol. The zero-order chi connectivity index (χ0) is 21.5. The van der Waals surface area contributed by atoms with Gasteiger partial charge in [-0.3, -0.25) is 9.59 Å². The minimum Gasteiger partial charge on any atom is -0.353 e. The Balaban J connectivity index is 1.40. The predicted molar refractivity (Wildman–Crippen MR) is 125 cm³/mol. The van der Waals surface area contributed by atoms with Crippen LogP contribution < -0.4 is 4.90 Å². The van der Waals surface area contributed by atoms with Crippen LogP contribution in [0.5, 0.6) is 0 Å². The van der Waals surface area contributed by atoms with Crippen molar-refractivity contribution in [3.8, 4) is 0 Å². The molecule has 0 aliphatic carbocycles. The van der Waals surface area contributed by atoms with Gasteiger partial charge in [0.2, 0.25) is 6.29 Å². The molecule has 1 amide bonds. The number of carbonyl (C=O) groups excluding carboxylic acids is 2. The second kappa shape index (κ2) is 7.98. The van der Waals surface area contributed by atoms with Crippen LogP contribution in [0.1, 0.15) is 23.3 Å². The van der Waals surface area contributed by atoms with Crippen LogP contribution in [0.3, 0.4) is 0 Å². The van der Waals surface area contributed by atoms with E-state index >= 15 is 0 Å². The molecule has 1 aliphatic rings. The SMILES string of the molecule is CC([C]=O)n1cc(C(=O)N2CCN(c3nccc4sccc34)CC2)c2ccc(Cl)cc21. The summed E-state index contributed by atoms with van der Waals surface area (Å²) in [5.41, 5.74) is 1.35. The zero-order valence-corrected chi connectivity index (χ0v) is 18.5. The number of hydrogen-bond donors (Lipinski definition) is 0. The van der Waals surface area contributed by atoms with Gasteiger partial charge < -0.3 is 14.4 Å². The summed E-state index contributed by atoms with van der Waals surface area (Å²) in [6, 6.07) is 9.03. The average Bonchev–Trinajstić information content (AvgIpc) is 3.42. The summed E-state index contributed by atoms with van der Waals surface area (Å²) < 4.78 is 2.98. The van der Waals surface area contributed by atoms with Gasteiger partial charge in [-0.2, -0.15) is 0 Å². The molecular weight excluding hydrogens is 432 g/mol. The summed E-state index contributed by atoms with van der Waals surface area (Å²) in [4.78, 5) is 33.4. The summed E-state index contributed by atoms with van der Waals surface area (Å²) in [5.74, 6) is 0.943. The number of nitrogens with zero attached hydrogens (tertiary/aromatic N) is 4. The Hall–Kier alpha value is -2.90. The van der Waals surface area contributed by atoms with Crippen LogP contribution in [0.15, 0.2) is 48.1 Å². The van der Waals surface area contributed by atoms with Crippen molar-refractivity contribution in [2.45, 2.75) is 13.0 Å². The van der Waals surface area contributed by atoms with Crippen molar-refractivity contribution >= 4 is 61.9 Å². The van der Waals surface area contributed by atoms with E-state index in [0.29, 0.717) is 23.7 Å². The van der Waals surface area contributed by atoms with E-state index in [-0.39, 0.29) is 5.91 Å². The number of piperazine rings is 1. The van der Waals surface area contributed by atoms with Gasteiger partial charge in [-0.1, -0.05) is 17.7 Å². The Morgan fingerprint density at radius 2 is 1.97 bits per heavy atom. The molecule has 0 N–H and O–H groups in total. The molecule has 4 aromatic rings. The average molecular weight is 452 g/mol. The van der Waals surface area contributed by atoms with Crippen LogP contribution in [0.2, 0.25) is 5.02 Å². The van der Waals surface area contributed by atoms with E-state index in [1.54, 1.807) is 41.2 Å². The fraction of sp³-hybridized carbons (Fsp3) is 0.261. The minimum atomic E-state index is -0.503. The molecule has 5 rings (SSSR count). The third-order valence-corrected chi connectivity index (χ3v) is 6.96. The number of rotatable bonds is 4. The van der Waals surface area contributed by atoms with Crippen molar-refractivity contribution in [1.82, 2.24) is 14.5 Å². The molecule has 8 heteroatoms. The molecule has 1 aromatic carbocycles. The van der Waals surface area contributed by atoms with Gasteiger partial charge in [0.1, 0.15) is 5.82 Å². The first-order valence-electron chi connectivity index (χ1n) is 10.1. The van der Waals surface area contributed by atoms with E-state index in [4.69, 9.17) is 11.6 Å². The highest BCUT2D eigenvalue weighted by atomic mass is 35.5. The first kappa shape index (κ1) is 20.0. The highest BCUT2D eigenvalue weighted by Gasteiger charge is 2.27. The third-order valence-electron chi connectivity index (χ3n) is 5.84. The summed E-state index contributed by atoms with van der Waals surface area (Å²) in [6.07, 6.45) is 5.59. The van der Waals surface area contributed by atoms with Gasteiger partial charge in [-0.15, -0.1) is 11.3 Å². The van der Waals surface area contributed by atoms with Crippen molar-refractivity contribution in [3.05, 3.63) is 58.7 Å². The van der Waals surface area contributed by atoms with Crippen LogP contribution in [0.4, 0.5) is 5.82 Å². The van der Waals surface area contributed by atoms with Crippen LogP contribution in [0.25, 0.3) is 21.0 Å². The predicted octanol–water partition coefficient (Wildman–Crippen LogP) is 4.54. The summed E-state index contributed by atoms with van der Waals surface area (Å²) in [5, 5.41) is 4.60. The van der Waals surface area contributed by atoms with E-state index in [1.165, 1.54) is 4.70 Å². The van der Waals surface area contributed by atoms with Gasteiger partial charge in [0.05, 0.1) is 17.1 Å². The Morgan fingerprint density at radius 3 is 2.74 bits per heavy atom. The lowest BCUT2D eigenvalue weighted by molar-refractivity contribution is 0.0748. The lowest BCUT2D eigenvalue weighted by atomic mass is 10.1. The number of pyridine rings is 1. The van der Waals surface area contributed by atoms with Crippen molar-refractivity contribution in [2.24, 2.45) is 0 Å². The topological polar surface area (TPSA) is 58.4 Å². The molecule has 6 nitrogen and oxygen atoms in total. The molecule has 0 bridgehead atoms. The summed E-state index contributed by atoms with van der Waals surface area (Å²) in [7, 11) is 0. The quantitative estimate of drug-likeness (QED) is 0.457. The van der Waals surface area contributed by atoms with Crippen molar-refractivity contribution < 1.29 is 9.59 Å². The molecule has 4 heterocycles. The van der Waals surface area contributed by atoms with Gasteiger partial charge in [0.15, 0.2) is 0 Å². The highest BCUT2D eigenvalue weighted by molar-refractivity contribution is 7.17. The maximum Gasteiger partial charge on any atom is 0.256 e. The van der Waals surface area contributed by atoms with Crippen molar-refractivity contribution in [3.63, 3.8) is 0 Å². The molecule has 1 atom stereocenters. The Kier molecular flexibility index (Phi) is 5.16. The van der Waals surface area contributed by atoms with E-state index in [9.17, 15) is 9.59 Å². The van der Waals surface area contributed by atoms with Crippen LogP contribution in [-0.4, -0.2) is 52.8 Å². The molecule has 0 saturated carbocycles. The Labute approximate surface area is 188 Å². The summed E-state index contributed by atoms with van der Waals surface area (Å²) >= 11 is 7.87. The molecule has 1 aliphatic heterocycles. The zero-order valence-electron chi connectivity index (χ0n) is 16.9. The Morgan fingerprint density at radius 1 is 1.16 bits per heavy atom.